The molecule has 1 rings (SSSR count). The molecule has 108 valence electrons. The minimum absolute atomic E-state index is 0.300. The maximum Gasteiger partial charge on any atom is 0.119 e. The van der Waals surface area contributed by atoms with Gasteiger partial charge in [0.05, 0.1) is 12.7 Å². The van der Waals surface area contributed by atoms with Crippen LogP contribution < -0.4 is 10.1 Å². The van der Waals surface area contributed by atoms with Gasteiger partial charge in [0.2, 0.25) is 0 Å². The Morgan fingerprint density at radius 1 is 1.16 bits per heavy atom. The minimum Gasteiger partial charge on any atom is -0.494 e. The fourth-order valence-electron chi connectivity index (χ4n) is 1.85. The lowest BCUT2D eigenvalue weighted by molar-refractivity contribution is 0.191. The van der Waals surface area contributed by atoms with Crippen molar-refractivity contribution in [3.63, 3.8) is 0 Å². The van der Waals surface area contributed by atoms with E-state index in [-0.39, 0.29) is 6.10 Å². The highest BCUT2D eigenvalue weighted by Crippen LogP contribution is 2.13. The number of hydrogen-bond acceptors (Lipinski definition) is 3. The Kier molecular flexibility index (Phi) is 8.26. The summed E-state index contributed by atoms with van der Waals surface area (Å²) in [5, 5.41) is 12.3. The van der Waals surface area contributed by atoms with Crippen molar-refractivity contribution in [1.29, 1.82) is 0 Å². The number of unbranched alkanes of at least 4 members (excludes halogenated alkanes) is 3. The van der Waals surface area contributed by atoms with E-state index in [9.17, 15) is 0 Å². The third kappa shape index (κ3) is 7.85. The van der Waals surface area contributed by atoms with Crippen LogP contribution in [0.15, 0.2) is 24.3 Å². The number of hydrogen-bond donors (Lipinski definition) is 2. The molecule has 0 bridgehead atoms. The van der Waals surface area contributed by atoms with Crippen molar-refractivity contribution in [3.8, 4) is 5.75 Å². The second-order valence-corrected chi connectivity index (χ2v) is 5.03. The molecule has 1 aromatic carbocycles. The highest BCUT2D eigenvalue weighted by atomic mass is 16.5. The summed E-state index contributed by atoms with van der Waals surface area (Å²) < 4.78 is 5.69. The van der Waals surface area contributed by atoms with Crippen molar-refractivity contribution in [3.05, 3.63) is 29.8 Å². The number of ether oxygens (including phenoxy) is 1. The second-order valence-electron chi connectivity index (χ2n) is 5.03. The summed E-state index contributed by atoms with van der Waals surface area (Å²) in [5.74, 6) is 0.941. The van der Waals surface area contributed by atoms with Gasteiger partial charge in [-0.2, -0.15) is 0 Å². The number of nitrogens with one attached hydrogen (secondary N) is 1. The van der Waals surface area contributed by atoms with Crippen molar-refractivity contribution >= 4 is 0 Å². The predicted octanol–water partition coefficient (Wildman–Crippen LogP) is 3.12. The van der Waals surface area contributed by atoms with E-state index < -0.39 is 0 Å². The van der Waals surface area contributed by atoms with E-state index in [1.165, 1.54) is 24.8 Å². The van der Waals surface area contributed by atoms with Crippen molar-refractivity contribution in [1.82, 2.24) is 5.32 Å². The Labute approximate surface area is 117 Å². The zero-order valence-electron chi connectivity index (χ0n) is 12.2. The van der Waals surface area contributed by atoms with Gasteiger partial charge in [-0.05, 0) is 31.0 Å². The summed E-state index contributed by atoms with van der Waals surface area (Å²) in [5.41, 5.74) is 1.21. The highest BCUT2D eigenvalue weighted by Gasteiger charge is 1.98. The molecule has 0 unspecified atom stereocenters. The van der Waals surface area contributed by atoms with E-state index in [4.69, 9.17) is 9.84 Å². The fraction of sp³-hybridized carbons (Fsp3) is 0.625. The van der Waals surface area contributed by atoms with Crippen LogP contribution in [0.25, 0.3) is 0 Å². The molecule has 0 aliphatic carbocycles. The lowest BCUT2D eigenvalue weighted by Crippen LogP contribution is -2.23. The van der Waals surface area contributed by atoms with E-state index in [0.29, 0.717) is 6.54 Å². The van der Waals surface area contributed by atoms with Gasteiger partial charge in [-0.1, -0.05) is 38.3 Å². The third-order valence-electron chi connectivity index (χ3n) is 2.96. The number of aliphatic hydroxyl groups excluding tert-OH is 1. The molecule has 1 atom stereocenters. The Bertz CT molecular complexity index is 322. The quantitative estimate of drug-likeness (QED) is 0.639. The summed E-state index contributed by atoms with van der Waals surface area (Å²) in [6.45, 7) is 6.20. The molecule has 3 nitrogen and oxygen atoms in total. The zero-order valence-corrected chi connectivity index (χ0v) is 12.2. The average molecular weight is 265 g/mol. The van der Waals surface area contributed by atoms with E-state index in [1.807, 2.05) is 12.1 Å². The molecule has 0 spiro atoms. The summed E-state index contributed by atoms with van der Waals surface area (Å²) in [6.07, 6.45) is 4.63. The summed E-state index contributed by atoms with van der Waals surface area (Å²) >= 11 is 0. The average Bonchev–Trinajstić information content (AvgIpc) is 2.40. The van der Waals surface area contributed by atoms with Crippen LogP contribution in [0.2, 0.25) is 0 Å². The van der Waals surface area contributed by atoms with Gasteiger partial charge in [0, 0.05) is 13.1 Å². The zero-order chi connectivity index (χ0) is 13.9. The van der Waals surface area contributed by atoms with Gasteiger partial charge in [0.15, 0.2) is 0 Å². The van der Waals surface area contributed by atoms with Gasteiger partial charge >= 0.3 is 0 Å². The molecule has 0 amide bonds. The first-order valence-corrected chi connectivity index (χ1v) is 7.33. The van der Waals surface area contributed by atoms with Gasteiger partial charge in [-0.3, -0.25) is 0 Å². The van der Waals surface area contributed by atoms with Crippen LogP contribution in [-0.2, 0) is 6.54 Å². The van der Waals surface area contributed by atoms with Crippen molar-refractivity contribution in [2.45, 2.75) is 52.2 Å². The second kappa shape index (κ2) is 9.82. The first kappa shape index (κ1) is 16.0. The Morgan fingerprint density at radius 3 is 2.53 bits per heavy atom. The van der Waals surface area contributed by atoms with Gasteiger partial charge in [-0.15, -0.1) is 0 Å². The standard InChI is InChI=1S/C16H27NO2/c1-3-4-5-6-11-19-16-9-7-15(8-10-16)13-17-12-14(2)18/h7-10,14,17-18H,3-6,11-13H2,1-2H3/t14-/m0/s1. The SMILES string of the molecule is CCCCCCOc1ccc(CNC[C@H](C)O)cc1. The van der Waals surface area contributed by atoms with Crippen LogP contribution in [0.5, 0.6) is 5.75 Å². The molecular weight excluding hydrogens is 238 g/mol. The van der Waals surface area contributed by atoms with Crippen molar-refractivity contribution in [2.75, 3.05) is 13.2 Å². The Morgan fingerprint density at radius 2 is 1.89 bits per heavy atom. The minimum atomic E-state index is -0.300. The molecule has 2 N–H and O–H groups in total. The van der Waals surface area contributed by atoms with Crippen LogP contribution in [0, 0.1) is 0 Å². The molecule has 0 saturated heterocycles. The highest BCUT2D eigenvalue weighted by molar-refractivity contribution is 5.27. The largest absolute Gasteiger partial charge is 0.494 e. The maximum absolute atomic E-state index is 9.15. The van der Waals surface area contributed by atoms with Crippen molar-refractivity contribution < 1.29 is 9.84 Å². The molecule has 19 heavy (non-hydrogen) atoms. The molecular formula is C16H27NO2. The first-order chi connectivity index (χ1) is 9.22. The lowest BCUT2D eigenvalue weighted by atomic mass is 10.2. The first-order valence-electron chi connectivity index (χ1n) is 7.33. The smallest absolute Gasteiger partial charge is 0.119 e. The molecule has 0 aromatic heterocycles. The Balaban J connectivity index is 2.19. The van der Waals surface area contributed by atoms with E-state index >= 15 is 0 Å². The van der Waals surface area contributed by atoms with Crippen LogP contribution in [-0.4, -0.2) is 24.4 Å². The Hall–Kier alpha value is -1.06. The molecule has 1 aromatic rings. The maximum atomic E-state index is 9.15. The summed E-state index contributed by atoms with van der Waals surface area (Å²) in [4.78, 5) is 0. The van der Waals surface area contributed by atoms with Gasteiger partial charge in [0.25, 0.3) is 0 Å². The van der Waals surface area contributed by atoms with E-state index in [2.05, 4.69) is 24.4 Å². The molecule has 0 saturated carbocycles. The van der Waals surface area contributed by atoms with Crippen LogP contribution >= 0.6 is 0 Å². The van der Waals surface area contributed by atoms with Gasteiger partial charge in [-0.25, -0.2) is 0 Å². The van der Waals surface area contributed by atoms with Gasteiger partial charge < -0.3 is 15.2 Å². The summed E-state index contributed by atoms with van der Waals surface area (Å²) in [6, 6.07) is 8.16. The topological polar surface area (TPSA) is 41.5 Å². The number of rotatable bonds is 10. The monoisotopic (exact) mass is 265 g/mol. The molecule has 0 radical (unpaired) electrons. The van der Waals surface area contributed by atoms with E-state index in [0.717, 1.165) is 25.3 Å². The molecule has 0 aliphatic heterocycles. The summed E-state index contributed by atoms with van der Waals surface area (Å²) in [7, 11) is 0. The third-order valence-corrected chi connectivity index (χ3v) is 2.96. The van der Waals surface area contributed by atoms with Gasteiger partial charge in [0.1, 0.15) is 5.75 Å². The molecule has 3 heteroatoms. The van der Waals surface area contributed by atoms with Crippen molar-refractivity contribution in [2.24, 2.45) is 0 Å². The van der Waals surface area contributed by atoms with Crippen LogP contribution in [0.1, 0.15) is 45.1 Å². The fourth-order valence-corrected chi connectivity index (χ4v) is 1.85. The van der Waals surface area contributed by atoms with Crippen LogP contribution in [0.3, 0.4) is 0 Å². The number of benzene rings is 1. The number of aliphatic hydroxyl groups is 1. The molecule has 0 heterocycles. The normalized spacial score (nSPS) is 12.4. The van der Waals surface area contributed by atoms with E-state index in [1.54, 1.807) is 6.92 Å². The predicted molar refractivity (Wildman–Crippen MR) is 79.5 cm³/mol. The lowest BCUT2D eigenvalue weighted by Gasteiger charge is -2.09. The van der Waals surface area contributed by atoms with Crippen LogP contribution in [0.4, 0.5) is 0 Å². The molecule has 0 fully saturated rings. The molecule has 0 aliphatic rings.